The smallest absolute Gasteiger partial charge is 0.416 e. The van der Waals surface area contributed by atoms with Crippen LogP contribution in [0.25, 0.3) is 5.69 Å². The van der Waals surface area contributed by atoms with Gasteiger partial charge in [-0.15, -0.1) is 5.10 Å². The van der Waals surface area contributed by atoms with Gasteiger partial charge in [0.25, 0.3) is 5.91 Å². The van der Waals surface area contributed by atoms with Crippen LogP contribution in [-0.4, -0.2) is 39.8 Å². The highest BCUT2D eigenvalue weighted by Crippen LogP contribution is 2.35. The van der Waals surface area contributed by atoms with E-state index in [9.17, 15) is 18.0 Å². The largest absolute Gasteiger partial charge is 0.495 e. The van der Waals surface area contributed by atoms with Crippen LogP contribution in [0.3, 0.4) is 0 Å². The van der Waals surface area contributed by atoms with Gasteiger partial charge in [0.2, 0.25) is 0 Å². The second kappa shape index (κ2) is 7.94. The topological polar surface area (TPSA) is 91.2 Å². The summed E-state index contributed by atoms with van der Waals surface area (Å²) in [4.78, 5) is 12.2. The van der Waals surface area contributed by atoms with Gasteiger partial charge in [0.05, 0.1) is 18.4 Å². The van der Waals surface area contributed by atoms with Gasteiger partial charge in [-0.2, -0.15) is 17.9 Å². The Kier molecular flexibility index (Phi) is 5.43. The van der Waals surface area contributed by atoms with Crippen LogP contribution in [0.4, 0.5) is 18.9 Å². The average Bonchev–Trinajstić information content (AvgIpc) is 3.20. The summed E-state index contributed by atoms with van der Waals surface area (Å²) in [7, 11) is 1.29. The fraction of sp³-hybridized carbons (Fsp3) is 0.176. The van der Waals surface area contributed by atoms with Gasteiger partial charge in [-0.25, -0.2) is 0 Å². The predicted octanol–water partition coefficient (Wildman–Crippen LogP) is 2.71. The van der Waals surface area contributed by atoms with Crippen molar-refractivity contribution in [1.29, 1.82) is 0 Å². The van der Waals surface area contributed by atoms with Crippen LogP contribution in [0.1, 0.15) is 5.56 Å². The predicted molar refractivity (Wildman–Crippen MR) is 91.3 cm³/mol. The Morgan fingerprint density at radius 1 is 1.18 bits per heavy atom. The minimum atomic E-state index is -4.55. The number of methoxy groups -OCH3 is 1. The molecule has 0 aliphatic rings. The second-order valence-electron chi connectivity index (χ2n) is 5.47. The molecule has 1 amide bonds. The van der Waals surface area contributed by atoms with Gasteiger partial charge in [0, 0.05) is 0 Å². The molecule has 0 bridgehead atoms. The van der Waals surface area contributed by atoms with Crippen LogP contribution < -0.4 is 14.8 Å². The lowest BCUT2D eigenvalue weighted by molar-refractivity contribution is -0.137. The third-order valence-electron chi connectivity index (χ3n) is 3.62. The normalized spacial score (nSPS) is 11.1. The van der Waals surface area contributed by atoms with Crippen LogP contribution >= 0.6 is 0 Å². The van der Waals surface area contributed by atoms with Crippen LogP contribution in [0.15, 0.2) is 48.8 Å². The molecule has 1 N–H and O–H groups in total. The van der Waals surface area contributed by atoms with Gasteiger partial charge in [0.15, 0.2) is 6.61 Å². The molecule has 3 rings (SSSR count). The summed E-state index contributed by atoms with van der Waals surface area (Å²) in [5.74, 6) is -0.249. The van der Waals surface area contributed by atoms with Gasteiger partial charge < -0.3 is 14.8 Å². The lowest BCUT2D eigenvalue weighted by Crippen LogP contribution is -2.21. The van der Waals surface area contributed by atoms with Crippen LogP contribution in [0.5, 0.6) is 11.5 Å². The first-order valence-corrected chi connectivity index (χ1v) is 7.89. The molecule has 1 aromatic heterocycles. The number of hydrogen-bond acceptors (Lipinski definition) is 6. The van der Waals surface area contributed by atoms with E-state index in [-0.39, 0.29) is 11.4 Å². The third-order valence-corrected chi connectivity index (χ3v) is 3.62. The number of benzene rings is 2. The summed E-state index contributed by atoms with van der Waals surface area (Å²) in [6, 6.07) is 9.51. The first-order valence-electron chi connectivity index (χ1n) is 7.89. The molecule has 0 radical (unpaired) electrons. The van der Waals surface area contributed by atoms with Crippen molar-refractivity contribution in [3.05, 3.63) is 54.4 Å². The van der Waals surface area contributed by atoms with Gasteiger partial charge in [-0.05, 0) is 40.8 Å². The number of carbonyl (C=O) groups excluding carboxylic acids is 1. The Labute approximate surface area is 156 Å². The maximum atomic E-state index is 12.9. The molecule has 0 unspecified atom stereocenters. The Bertz CT molecular complexity index is 961. The molecule has 0 spiro atoms. The number of nitrogens with one attached hydrogen (secondary N) is 1. The summed E-state index contributed by atoms with van der Waals surface area (Å²) >= 11 is 0. The highest BCUT2D eigenvalue weighted by molar-refractivity contribution is 5.93. The zero-order valence-corrected chi connectivity index (χ0v) is 14.5. The van der Waals surface area contributed by atoms with E-state index in [1.807, 2.05) is 0 Å². The van der Waals surface area contributed by atoms with E-state index in [2.05, 4.69) is 20.8 Å². The summed E-state index contributed by atoms with van der Waals surface area (Å²) in [6.45, 7) is -0.446. The van der Waals surface area contributed by atoms with Crippen molar-refractivity contribution in [3.8, 4) is 17.2 Å². The molecule has 0 fully saturated rings. The fourth-order valence-corrected chi connectivity index (χ4v) is 2.35. The van der Waals surface area contributed by atoms with Crippen molar-refractivity contribution in [2.75, 3.05) is 19.0 Å². The van der Waals surface area contributed by atoms with Crippen molar-refractivity contribution in [1.82, 2.24) is 20.2 Å². The first-order chi connectivity index (χ1) is 13.4. The summed E-state index contributed by atoms with van der Waals surface area (Å²) in [5.41, 5.74) is -0.523. The van der Waals surface area contributed by atoms with Crippen LogP contribution in [0.2, 0.25) is 0 Å². The molecule has 28 heavy (non-hydrogen) atoms. The third kappa shape index (κ3) is 4.37. The Morgan fingerprint density at radius 3 is 2.64 bits per heavy atom. The molecular formula is C17H14F3N5O3. The number of rotatable bonds is 6. The number of anilines is 1. The lowest BCUT2D eigenvalue weighted by Gasteiger charge is -2.14. The van der Waals surface area contributed by atoms with Gasteiger partial charge in [-0.3, -0.25) is 4.79 Å². The van der Waals surface area contributed by atoms with E-state index >= 15 is 0 Å². The van der Waals surface area contributed by atoms with Gasteiger partial charge >= 0.3 is 6.18 Å². The molecule has 0 aliphatic heterocycles. The molecule has 8 nitrogen and oxygen atoms in total. The summed E-state index contributed by atoms with van der Waals surface area (Å²) < 4.78 is 50.5. The van der Waals surface area contributed by atoms with Crippen molar-refractivity contribution in [2.45, 2.75) is 6.18 Å². The molecule has 1 heterocycles. The molecule has 0 atom stereocenters. The SMILES string of the molecule is COc1ccc(C(F)(F)F)cc1NC(=O)COc1ccccc1-n1cnnn1. The zero-order valence-electron chi connectivity index (χ0n) is 14.5. The first kappa shape index (κ1) is 19.1. The number of carbonyl (C=O) groups is 1. The minimum absolute atomic E-state index is 0.0930. The fourth-order valence-electron chi connectivity index (χ4n) is 2.35. The summed E-state index contributed by atoms with van der Waals surface area (Å²) in [6.07, 6.45) is -3.19. The molecule has 0 saturated heterocycles. The monoisotopic (exact) mass is 393 g/mol. The minimum Gasteiger partial charge on any atom is -0.495 e. The Morgan fingerprint density at radius 2 is 1.96 bits per heavy atom. The van der Waals surface area contributed by atoms with E-state index in [4.69, 9.17) is 9.47 Å². The number of para-hydroxylation sites is 2. The number of amides is 1. The van der Waals surface area contributed by atoms with E-state index in [1.165, 1.54) is 18.1 Å². The Hall–Kier alpha value is -3.63. The Balaban J connectivity index is 1.72. The van der Waals surface area contributed by atoms with Gasteiger partial charge in [0.1, 0.15) is 23.5 Å². The molecule has 146 valence electrons. The molecule has 0 saturated carbocycles. The van der Waals surface area contributed by atoms with E-state index in [0.717, 1.165) is 18.2 Å². The molecule has 0 aliphatic carbocycles. The van der Waals surface area contributed by atoms with Crippen molar-refractivity contribution < 1.29 is 27.4 Å². The number of hydrogen-bond donors (Lipinski definition) is 1. The standard InChI is InChI=1S/C17H14F3N5O3/c1-27-14-7-6-11(17(18,19)20)8-12(14)22-16(26)9-28-15-5-3-2-4-13(15)25-10-21-23-24-25/h2-8,10H,9H2,1H3,(H,22,26). The van der Waals surface area contributed by atoms with Crippen molar-refractivity contribution in [2.24, 2.45) is 0 Å². The highest BCUT2D eigenvalue weighted by Gasteiger charge is 2.31. The maximum absolute atomic E-state index is 12.9. The molecule has 3 aromatic rings. The van der Waals surface area contributed by atoms with E-state index < -0.39 is 24.3 Å². The number of ether oxygens (including phenoxy) is 2. The van der Waals surface area contributed by atoms with Crippen LogP contribution in [-0.2, 0) is 11.0 Å². The summed E-state index contributed by atoms with van der Waals surface area (Å²) in [5, 5.41) is 13.2. The number of alkyl halides is 3. The second-order valence-corrected chi connectivity index (χ2v) is 5.47. The lowest BCUT2D eigenvalue weighted by atomic mass is 10.1. The average molecular weight is 393 g/mol. The number of aromatic nitrogens is 4. The maximum Gasteiger partial charge on any atom is 0.416 e. The highest BCUT2D eigenvalue weighted by atomic mass is 19.4. The number of tetrazole rings is 1. The van der Waals surface area contributed by atoms with Crippen LogP contribution in [0, 0.1) is 0 Å². The van der Waals surface area contributed by atoms with Crippen molar-refractivity contribution >= 4 is 11.6 Å². The quantitative estimate of drug-likeness (QED) is 0.693. The number of halogens is 3. The zero-order chi connectivity index (χ0) is 20.1. The molecular weight excluding hydrogens is 379 g/mol. The van der Waals surface area contributed by atoms with Crippen molar-refractivity contribution in [3.63, 3.8) is 0 Å². The molecule has 11 heteroatoms. The molecule has 2 aromatic carbocycles. The van der Waals surface area contributed by atoms with Gasteiger partial charge in [-0.1, -0.05) is 12.1 Å². The number of nitrogens with zero attached hydrogens (tertiary/aromatic N) is 4. The van der Waals surface area contributed by atoms with E-state index in [1.54, 1.807) is 24.3 Å². The van der Waals surface area contributed by atoms with E-state index in [0.29, 0.717) is 11.4 Å².